The van der Waals surface area contributed by atoms with Crippen molar-refractivity contribution in [3.63, 3.8) is 0 Å². The van der Waals surface area contributed by atoms with Gasteiger partial charge in [0.15, 0.2) is 0 Å². The molecule has 9 N–H and O–H groups in total. The summed E-state index contributed by atoms with van der Waals surface area (Å²) < 4.78 is 18.2. The Hall–Kier alpha value is -7.26. The first-order valence-electron chi connectivity index (χ1n) is 20.7. The molecule has 2 fully saturated rings. The van der Waals surface area contributed by atoms with Gasteiger partial charge >= 0.3 is 0 Å². The Morgan fingerprint density at radius 3 is 2.10 bits per heavy atom. The van der Waals surface area contributed by atoms with Crippen LogP contribution in [0.3, 0.4) is 0 Å². The van der Waals surface area contributed by atoms with E-state index in [1.54, 1.807) is 34.4 Å². The summed E-state index contributed by atoms with van der Waals surface area (Å²) in [5, 5.41) is 18.2. The fourth-order valence-electron chi connectivity index (χ4n) is 8.43. The van der Waals surface area contributed by atoms with E-state index >= 15 is 0 Å². The fourth-order valence-corrected chi connectivity index (χ4v) is 8.43. The fraction of sp³-hybridized carbons (Fsp3) is 0.381. The van der Waals surface area contributed by atoms with Gasteiger partial charge in [0.2, 0.25) is 23.7 Å². The Morgan fingerprint density at radius 1 is 0.857 bits per heavy atom. The van der Waals surface area contributed by atoms with Gasteiger partial charge in [0.05, 0.1) is 59.1 Å². The molecule has 63 heavy (non-hydrogen) atoms. The average molecular weight is 862 g/mol. The third kappa shape index (κ3) is 8.14. The number of rotatable bonds is 17. The number of aromatic nitrogens is 8. The van der Waals surface area contributed by atoms with E-state index in [0.717, 1.165) is 19.5 Å². The first kappa shape index (κ1) is 42.4. The largest absolute Gasteiger partial charge is 0.494 e. The standard InChI is InChI=1S/C42H51N15O6/c1-6-56-31(14-22(3)51-56)39(60)49-41-47-29-16-24(37(44)58)15-28(46-10-13-53-20-27-19-26(53)21-63-27)34(29)54(41)11-8-9-12-55-35-30(17-25(38(45)59)18-32(35)62-5)48-42(55)50-40(61)36-33(43)23(4)52-57(36)7-2/h8-9,14-18,26-27,46H,6-7,10-13,19-21,43H2,1-5H3,(H2,44,58)(H2,45,59)(H,47,49,60)(H,48,50,61)/b9-8+/t26-,27-/m1/s1. The lowest BCUT2D eigenvalue weighted by molar-refractivity contribution is 0.0324. The van der Waals surface area contributed by atoms with Crippen LogP contribution in [0, 0.1) is 13.8 Å². The van der Waals surface area contributed by atoms with Gasteiger partial charge in [-0.05, 0) is 64.4 Å². The molecule has 21 heteroatoms. The van der Waals surface area contributed by atoms with E-state index < -0.39 is 23.6 Å². The molecule has 2 saturated heterocycles. The Labute approximate surface area is 361 Å². The van der Waals surface area contributed by atoms with E-state index in [1.807, 2.05) is 37.5 Å². The van der Waals surface area contributed by atoms with Crippen molar-refractivity contribution in [2.75, 3.05) is 55.0 Å². The molecule has 4 aromatic heterocycles. The second kappa shape index (κ2) is 17.2. The van der Waals surface area contributed by atoms with Crippen molar-refractivity contribution in [2.45, 2.75) is 72.4 Å². The highest BCUT2D eigenvalue weighted by atomic mass is 16.5. The van der Waals surface area contributed by atoms with Crippen molar-refractivity contribution in [3.05, 3.63) is 76.4 Å². The first-order chi connectivity index (χ1) is 30.3. The molecule has 0 aliphatic carbocycles. The van der Waals surface area contributed by atoms with Crippen LogP contribution < -0.4 is 37.9 Å². The van der Waals surface area contributed by atoms with Gasteiger partial charge in [0.1, 0.15) is 22.7 Å². The van der Waals surface area contributed by atoms with Crippen molar-refractivity contribution in [2.24, 2.45) is 11.5 Å². The molecule has 2 bridgehead atoms. The minimum Gasteiger partial charge on any atom is -0.494 e. The molecule has 0 radical (unpaired) electrons. The number of ether oxygens (including phenoxy) is 2. The summed E-state index contributed by atoms with van der Waals surface area (Å²) in [5.41, 5.74) is 22.7. The second-order valence-electron chi connectivity index (χ2n) is 15.6. The number of nitrogens with one attached hydrogen (secondary N) is 3. The monoisotopic (exact) mass is 861 g/mol. The van der Waals surface area contributed by atoms with E-state index in [2.05, 4.69) is 31.0 Å². The maximum Gasteiger partial charge on any atom is 0.278 e. The van der Waals surface area contributed by atoms with Crippen LogP contribution in [-0.2, 0) is 30.9 Å². The van der Waals surface area contributed by atoms with Gasteiger partial charge in [0, 0.05) is 63.0 Å². The number of hydrogen-bond acceptors (Lipinski definition) is 13. The van der Waals surface area contributed by atoms with Gasteiger partial charge in [-0.1, -0.05) is 12.2 Å². The second-order valence-corrected chi connectivity index (χ2v) is 15.6. The van der Waals surface area contributed by atoms with Crippen LogP contribution in [0.1, 0.15) is 73.3 Å². The van der Waals surface area contributed by atoms with Gasteiger partial charge in [-0.3, -0.25) is 44.1 Å². The molecule has 2 aliphatic rings. The topological polar surface area (TPSA) is 275 Å². The summed E-state index contributed by atoms with van der Waals surface area (Å²) in [6, 6.07) is 8.43. The number of aryl methyl sites for hydroxylation is 4. The van der Waals surface area contributed by atoms with E-state index in [-0.39, 0.29) is 53.6 Å². The molecule has 6 aromatic rings. The highest BCUT2D eigenvalue weighted by molar-refractivity contribution is 6.08. The third-order valence-corrected chi connectivity index (χ3v) is 11.5. The zero-order valence-corrected chi connectivity index (χ0v) is 35.8. The number of nitrogens with two attached hydrogens (primary N) is 3. The number of carbonyl (C=O) groups excluding carboxylic acids is 4. The molecule has 2 atom stereocenters. The van der Waals surface area contributed by atoms with Crippen molar-refractivity contribution in [1.82, 2.24) is 43.6 Å². The van der Waals surface area contributed by atoms with E-state index in [0.29, 0.717) is 82.9 Å². The van der Waals surface area contributed by atoms with E-state index in [9.17, 15) is 19.2 Å². The average Bonchev–Trinajstić information content (AvgIpc) is 4.12. The lowest BCUT2D eigenvalue weighted by Crippen LogP contribution is -2.39. The van der Waals surface area contributed by atoms with Crippen molar-refractivity contribution in [3.8, 4) is 5.75 Å². The highest BCUT2D eigenvalue weighted by Crippen LogP contribution is 2.33. The molecule has 330 valence electrons. The van der Waals surface area contributed by atoms with Gasteiger partial charge in [0.25, 0.3) is 11.8 Å². The number of methoxy groups -OCH3 is 1. The predicted octanol–water partition coefficient (Wildman–Crippen LogP) is 2.87. The number of hydrogen-bond donors (Lipinski definition) is 6. The Balaban J connectivity index is 1.16. The number of anilines is 4. The maximum absolute atomic E-state index is 13.9. The summed E-state index contributed by atoms with van der Waals surface area (Å²) in [4.78, 5) is 64.5. The number of primary amides is 2. The molecule has 0 unspecified atom stereocenters. The number of nitrogens with zero attached hydrogens (tertiary/aromatic N) is 9. The SMILES string of the molecule is CCn1nc(C)cc1C(=O)Nc1nc2cc(C(N)=O)cc(NCCN3C[C@H]4C[C@@H]3CO4)c2n1C/C=C/Cn1c(NC(=O)c2c(N)c(C)nn2CC)nc2cc(C(N)=O)cc(OC)c21. The molecule has 0 spiro atoms. The smallest absolute Gasteiger partial charge is 0.278 e. The van der Waals surface area contributed by atoms with Crippen LogP contribution in [0.15, 0.2) is 42.5 Å². The van der Waals surface area contributed by atoms with Crippen LogP contribution in [0.25, 0.3) is 22.1 Å². The van der Waals surface area contributed by atoms with Gasteiger partial charge in [-0.15, -0.1) is 0 Å². The third-order valence-electron chi connectivity index (χ3n) is 11.5. The number of morpholine rings is 1. The zero-order chi connectivity index (χ0) is 44.7. The van der Waals surface area contributed by atoms with Crippen LogP contribution in [0.4, 0.5) is 23.3 Å². The van der Waals surface area contributed by atoms with E-state index in [1.165, 1.54) is 23.9 Å². The quantitative estimate of drug-likeness (QED) is 0.0721. The van der Waals surface area contributed by atoms with Crippen molar-refractivity contribution >= 4 is 69.0 Å². The van der Waals surface area contributed by atoms with Crippen LogP contribution in [-0.4, -0.2) is 113 Å². The summed E-state index contributed by atoms with van der Waals surface area (Å²) >= 11 is 0. The minimum atomic E-state index is -0.676. The summed E-state index contributed by atoms with van der Waals surface area (Å²) in [6.07, 6.45) is 5.00. The molecule has 2 aromatic carbocycles. The lowest BCUT2D eigenvalue weighted by Gasteiger charge is -2.26. The number of allylic oxidation sites excluding steroid dienone is 2. The number of fused-ring (bicyclic) bond motifs is 4. The number of nitrogen functional groups attached to an aromatic ring is 1. The molecule has 21 nitrogen and oxygen atoms in total. The number of imidazole rings is 2. The summed E-state index contributed by atoms with van der Waals surface area (Å²) in [5.74, 6) is -1.57. The normalized spacial score (nSPS) is 16.1. The molecular weight excluding hydrogens is 811 g/mol. The summed E-state index contributed by atoms with van der Waals surface area (Å²) in [7, 11) is 1.46. The minimum absolute atomic E-state index is 0.146. The first-order valence-corrected chi connectivity index (χ1v) is 20.7. The number of benzene rings is 2. The van der Waals surface area contributed by atoms with Crippen LogP contribution in [0.2, 0.25) is 0 Å². The highest BCUT2D eigenvalue weighted by Gasteiger charge is 2.38. The van der Waals surface area contributed by atoms with Gasteiger partial charge in [-0.2, -0.15) is 10.2 Å². The number of likely N-dealkylation sites (tertiary alicyclic amines) is 1. The van der Waals surface area contributed by atoms with Gasteiger partial charge < -0.3 is 41.1 Å². The number of amides is 4. The Bertz CT molecular complexity index is 2810. The van der Waals surface area contributed by atoms with Crippen LogP contribution in [0.5, 0.6) is 5.75 Å². The predicted molar refractivity (Wildman–Crippen MR) is 236 cm³/mol. The van der Waals surface area contributed by atoms with E-state index in [4.69, 9.17) is 36.6 Å². The molecular formula is C42H51N15O6. The lowest BCUT2D eigenvalue weighted by atomic mass is 10.1. The Kier molecular flexibility index (Phi) is 11.6. The molecule has 6 heterocycles. The Morgan fingerprint density at radius 2 is 1.49 bits per heavy atom. The molecule has 0 saturated carbocycles. The van der Waals surface area contributed by atoms with Crippen LogP contribution >= 0.6 is 0 Å². The maximum atomic E-state index is 13.9. The molecule has 4 amide bonds. The zero-order valence-electron chi connectivity index (χ0n) is 35.8. The number of carbonyl (C=O) groups is 4. The summed E-state index contributed by atoms with van der Waals surface area (Å²) in [6.45, 7) is 11.4. The molecule has 8 rings (SSSR count). The molecule has 2 aliphatic heterocycles. The van der Waals surface area contributed by atoms with Crippen molar-refractivity contribution in [1.29, 1.82) is 0 Å². The van der Waals surface area contributed by atoms with Gasteiger partial charge in [-0.25, -0.2) is 9.97 Å². The van der Waals surface area contributed by atoms with Crippen molar-refractivity contribution < 1.29 is 28.7 Å².